The van der Waals surface area contributed by atoms with Gasteiger partial charge in [-0.15, -0.1) is 0 Å². The number of amides is 1. The van der Waals surface area contributed by atoms with Crippen LogP contribution in [0.5, 0.6) is 11.5 Å². The molecule has 6 heteroatoms. The van der Waals surface area contributed by atoms with Gasteiger partial charge in [-0.25, -0.2) is 0 Å². The number of carboxylic acids is 1. The quantitative estimate of drug-likeness (QED) is 0.901. The molecular formula is C17H23NO5. The highest BCUT2D eigenvalue weighted by Crippen LogP contribution is 2.31. The van der Waals surface area contributed by atoms with Crippen molar-refractivity contribution in [3.63, 3.8) is 0 Å². The molecule has 0 aliphatic carbocycles. The van der Waals surface area contributed by atoms with E-state index in [2.05, 4.69) is 0 Å². The fourth-order valence-electron chi connectivity index (χ4n) is 2.87. The molecule has 0 radical (unpaired) electrons. The maximum atomic E-state index is 12.8. The van der Waals surface area contributed by atoms with E-state index in [0.717, 1.165) is 0 Å². The smallest absolute Gasteiger partial charge is 0.308 e. The van der Waals surface area contributed by atoms with E-state index in [1.165, 1.54) is 0 Å². The van der Waals surface area contributed by atoms with Gasteiger partial charge in [0.25, 0.3) is 5.91 Å². The SMILES string of the molecule is COc1ccc(C(=O)N2CCC(C(=O)O)C2C)c(OC(C)C)c1. The number of carboxylic acid groups (broad SMARTS) is 1. The van der Waals surface area contributed by atoms with Gasteiger partial charge in [0.15, 0.2) is 0 Å². The lowest BCUT2D eigenvalue weighted by Crippen LogP contribution is -2.37. The van der Waals surface area contributed by atoms with Crippen molar-refractivity contribution in [3.8, 4) is 11.5 Å². The molecule has 0 saturated carbocycles. The Kier molecular flexibility index (Phi) is 5.13. The lowest BCUT2D eigenvalue weighted by atomic mass is 10.0. The fraction of sp³-hybridized carbons (Fsp3) is 0.529. The molecule has 126 valence electrons. The number of methoxy groups -OCH3 is 1. The van der Waals surface area contributed by atoms with Gasteiger partial charge in [-0.3, -0.25) is 9.59 Å². The van der Waals surface area contributed by atoms with Crippen molar-refractivity contribution >= 4 is 11.9 Å². The Morgan fingerprint density at radius 3 is 2.57 bits per heavy atom. The monoisotopic (exact) mass is 321 g/mol. The molecule has 1 heterocycles. The molecule has 0 spiro atoms. The lowest BCUT2D eigenvalue weighted by Gasteiger charge is -2.25. The zero-order valence-corrected chi connectivity index (χ0v) is 13.9. The fourth-order valence-corrected chi connectivity index (χ4v) is 2.87. The molecule has 1 aromatic carbocycles. The second-order valence-electron chi connectivity index (χ2n) is 6.00. The third-order valence-electron chi connectivity index (χ3n) is 4.11. The number of nitrogens with zero attached hydrogens (tertiary/aromatic N) is 1. The van der Waals surface area contributed by atoms with Crippen LogP contribution >= 0.6 is 0 Å². The van der Waals surface area contributed by atoms with E-state index < -0.39 is 11.9 Å². The van der Waals surface area contributed by atoms with Crippen molar-refractivity contribution in [1.29, 1.82) is 0 Å². The van der Waals surface area contributed by atoms with Crippen LogP contribution in [-0.4, -0.2) is 47.7 Å². The van der Waals surface area contributed by atoms with Gasteiger partial charge in [-0.1, -0.05) is 0 Å². The second kappa shape index (κ2) is 6.89. The summed E-state index contributed by atoms with van der Waals surface area (Å²) in [6.45, 7) is 5.97. The van der Waals surface area contributed by atoms with Crippen molar-refractivity contribution in [1.82, 2.24) is 4.90 Å². The van der Waals surface area contributed by atoms with E-state index in [0.29, 0.717) is 30.0 Å². The Morgan fingerprint density at radius 2 is 2.04 bits per heavy atom. The molecule has 6 nitrogen and oxygen atoms in total. The summed E-state index contributed by atoms with van der Waals surface area (Å²) >= 11 is 0. The van der Waals surface area contributed by atoms with Crippen molar-refractivity contribution in [3.05, 3.63) is 23.8 Å². The van der Waals surface area contributed by atoms with E-state index in [4.69, 9.17) is 9.47 Å². The molecule has 0 aromatic heterocycles. The van der Waals surface area contributed by atoms with Crippen molar-refractivity contribution in [2.24, 2.45) is 5.92 Å². The zero-order chi connectivity index (χ0) is 17.1. The number of hydrogen-bond acceptors (Lipinski definition) is 4. The molecule has 1 aromatic rings. The molecule has 1 amide bonds. The highest BCUT2D eigenvalue weighted by molar-refractivity contribution is 5.98. The molecule has 2 unspecified atom stereocenters. The summed E-state index contributed by atoms with van der Waals surface area (Å²) < 4.78 is 10.9. The van der Waals surface area contributed by atoms with Crippen LogP contribution in [0, 0.1) is 5.92 Å². The Labute approximate surface area is 136 Å². The number of carbonyl (C=O) groups is 2. The molecule has 1 aliphatic heterocycles. The number of ether oxygens (including phenoxy) is 2. The number of aliphatic carboxylic acids is 1. The first-order chi connectivity index (χ1) is 10.8. The molecule has 2 atom stereocenters. The maximum absolute atomic E-state index is 12.8. The van der Waals surface area contributed by atoms with Gasteiger partial charge in [0.1, 0.15) is 11.5 Å². The minimum atomic E-state index is -0.860. The summed E-state index contributed by atoms with van der Waals surface area (Å²) in [5.74, 6) is -0.530. The topological polar surface area (TPSA) is 76.1 Å². The number of benzene rings is 1. The first-order valence-electron chi connectivity index (χ1n) is 7.73. The number of hydrogen-bond donors (Lipinski definition) is 1. The Bertz CT molecular complexity index is 599. The van der Waals surface area contributed by atoms with E-state index in [1.54, 1.807) is 37.1 Å². The number of carbonyl (C=O) groups excluding carboxylic acids is 1. The van der Waals surface area contributed by atoms with Gasteiger partial charge in [-0.2, -0.15) is 0 Å². The summed E-state index contributed by atoms with van der Waals surface area (Å²) in [5, 5.41) is 9.22. The van der Waals surface area contributed by atoms with E-state index >= 15 is 0 Å². The van der Waals surface area contributed by atoms with Gasteiger partial charge >= 0.3 is 5.97 Å². The first-order valence-corrected chi connectivity index (χ1v) is 7.73. The Morgan fingerprint density at radius 1 is 1.35 bits per heavy atom. The molecule has 0 bridgehead atoms. The van der Waals surface area contributed by atoms with Crippen LogP contribution in [0.25, 0.3) is 0 Å². The van der Waals surface area contributed by atoms with Gasteiger partial charge < -0.3 is 19.5 Å². The van der Waals surface area contributed by atoms with Crippen molar-refractivity contribution in [2.75, 3.05) is 13.7 Å². The molecule has 1 fully saturated rings. The molecule has 2 rings (SSSR count). The Balaban J connectivity index is 2.30. The molecule has 1 saturated heterocycles. The average Bonchev–Trinajstić information content (AvgIpc) is 2.87. The van der Waals surface area contributed by atoms with Crippen LogP contribution < -0.4 is 9.47 Å². The molecular weight excluding hydrogens is 298 g/mol. The molecule has 1 aliphatic rings. The third kappa shape index (κ3) is 3.57. The van der Waals surface area contributed by atoms with Gasteiger partial charge in [0.2, 0.25) is 0 Å². The number of likely N-dealkylation sites (tertiary alicyclic amines) is 1. The zero-order valence-electron chi connectivity index (χ0n) is 13.9. The number of rotatable bonds is 5. The predicted octanol–water partition coefficient (Wildman–Crippen LogP) is 2.42. The summed E-state index contributed by atoms with van der Waals surface area (Å²) in [6.07, 6.45) is 0.384. The molecule has 23 heavy (non-hydrogen) atoms. The average molecular weight is 321 g/mol. The minimum absolute atomic E-state index is 0.0866. The highest BCUT2D eigenvalue weighted by Gasteiger charge is 2.39. The summed E-state index contributed by atoms with van der Waals surface area (Å²) in [5.41, 5.74) is 0.428. The summed E-state index contributed by atoms with van der Waals surface area (Å²) in [7, 11) is 1.55. The van der Waals surface area contributed by atoms with Crippen molar-refractivity contribution < 1.29 is 24.2 Å². The third-order valence-corrected chi connectivity index (χ3v) is 4.11. The van der Waals surface area contributed by atoms with Crippen molar-refractivity contribution in [2.45, 2.75) is 39.3 Å². The Hall–Kier alpha value is -2.24. The lowest BCUT2D eigenvalue weighted by molar-refractivity contribution is -0.142. The minimum Gasteiger partial charge on any atom is -0.497 e. The van der Waals surface area contributed by atoms with E-state index in [-0.39, 0.29) is 18.1 Å². The highest BCUT2D eigenvalue weighted by atomic mass is 16.5. The van der Waals surface area contributed by atoms with Crippen LogP contribution in [0.4, 0.5) is 0 Å². The van der Waals surface area contributed by atoms with E-state index in [1.807, 2.05) is 13.8 Å². The maximum Gasteiger partial charge on any atom is 0.308 e. The van der Waals surface area contributed by atoms with Crippen LogP contribution in [-0.2, 0) is 4.79 Å². The summed E-state index contributed by atoms with van der Waals surface area (Å²) in [4.78, 5) is 25.7. The van der Waals surface area contributed by atoms with Crippen LogP contribution in [0.3, 0.4) is 0 Å². The summed E-state index contributed by atoms with van der Waals surface area (Å²) in [6, 6.07) is 4.71. The van der Waals surface area contributed by atoms with Gasteiger partial charge in [-0.05, 0) is 39.3 Å². The van der Waals surface area contributed by atoms with E-state index in [9.17, 15) is 14.7 Å². The van der Waals surface area contributed by atoms with Crippen LogP contribution in [0.2, 0.25) is 0 Å². The first kappa shape index (κ1) is 17.1. The van der Waals surface area contributed by atoms with Crippen LogP contribution in [0.1, 0.15) is 37.6 Å². The second-order valence-corrected chi connectivity index (χ2v) is 6.00. The molecule has 1 N–H and O–H groups in total. The normalized spacial score (nSPS) is 20.7. The standard InChI is InChI=1S/C17H23NO5/c1-10(2)23-15-9-12(22-4)5-6-14(15)16(19)18-8-7-13(11(18)3)17(20)21/h5-6,9-11,13H,7-8H2,1-4H3,(H,20,21). The predicted molar refractivity (Wildman–Crippen MR) is 85.0 cm³/mol. The largest absolute Gasteiger partial charge is 0.497 e. The van der Waals surface area contributed by atoms with Gasteiger partial charge in [0.05, 0.1) is 24.7 Å². The van der Waals surface area contributed by atoms with Crippen LogP contribution in [0.15, 0.2) is 18.2 Å². The van der Waals surface area contributed by atoms with Gasteiger partial charge in [0, 0.05) is 18.7 Å².